The zero-order valence-corrected chi connectivity index (χ0v) is 11.2. The van der Waals surface area contributed by atoms with Gasteiger partial charge in [-0.05, 0) is 6.92 Å². The molecule has 0 fully saturated rings. The van der Waals surface area contributed by atoms with Crippen LogP contribution in [0, 0.1) is 19.3 Å². The number of thioether (sulfide) groups is 1. The molecule has 0 amide bonds. The Morgan fingerprint density at radius 1 is 1.62 bits per heavy atom. The quantitative estimate of drug-likeness (QED) is 0.623. The van der Waals surface area contributed by atoms with E-state index in [4.69, 9.17) is 18.0 Å². The molecule has 1 rings (SSSR count). The minimum atomic E-state index is 0.743. The zero-order chi connectivity index (χ0) is 12.0. The predicted molar refractivity (Wildman–Crippen MR) is 70.8 cm³/mol. The van der Waals surface area contributed by atoms with Crippen molar-refractivity contribution in [2.75, 3.05) is 18.1 Å². The van der Waals surface area contributed by atoms with Gasteiger partial charge in [-0.3, -0.25) is 4.68 Å². The zero-order valence-electron chi connectivity index (χ0n) is 9.59. The third kappa shape index (κ3) is 3.75. The highest BCUT2D eigenvalue weighted by atomic mass is 35.5. The lowest BCUT2D eigenvalue weighted by molar-refractivity contribution is 0.643. The van der Waals surface area contributed by atoms with Gasteiger partial charge in [0.25, 0.3) is 0 Å². The number of hydrogen-bond donors (Lipinski definition) is 1. The molecule has 1 heterocycles. The van der Waals surface area contributed by atoms with Crippen LogP contribution < -0.4 is 5.32 Å². The molecule has 5 heteroatoms. The first kappa shape index (κ1) is 13.4. The van der Waals surface area contributed by atoms with Crippen molar-refractivity contribution >= 4 is 23.4 Å². The van der Waals surface area contributed by atoms with Crippen molar-refractivity contribution in [2.45, 2.75) is 13.5 Å². The van der Waals surface area contributed by atoms with Gasteiger partial charge in [-0.15, -0.1) is 18.2 Å². The summed E-state index contributed by atoms with van der Waals surface area (Å²) in [4.78, 5) is 0. The molecule has 0 unspecified atom stereocenters. The topological polar surface area (TPSA) is 29.9 Å². The molecule has 16 heavy (non-hydrogen) atoms. The molecule has 0 aliphatic carbocycles. The molecule has 0 aromatic carbocycles. The molecule has 0 radical (unpaired) electrons. The number of aromatic nitrogens is 2. The summed E-state index contributed by atoms with van der Waals surface area (Å²) in [7, 11) is 1.91. The van der Waals surface area contributed by atoms with E-state index in [-0.39, 0.29) is 0 Å². The van der Waals surface area contributed by atoms with Gasteiger partial charge in [-0.2, -0.15) is 5.10 Å². The number of aryl methyl sites for hydroxylation is 2. The summed E-state index contributed by atoms with van der Waals surface area (Å²) in [6.07, 6.45) is 5.16. The van der Waals surface area contributed by atoms with Crippen molar-refractivity contribution in [3.63, 3.8) is 0 Å². The van der Waals surface area contributed by atoms with E-state index in [0.717, 1.165) is 41.0 Å². The standard InChI is InChI=1S/C11H16ClN3S/c1-4-6-16-7-5-13-8-10-11(12)9(2)14-15(10)3/h1,13H,5-8H2,2-3H3. The van der Waals surface area contributed by atoms with Crippen LogP contribution in [0.2, 0.25) is 5.02 Å². The second kappa shape index (κ2) is 6.85. The molecule has 0 saturated carbocycles. The monoisotopic (exact) mass is 257 g/mol. The Balaban J connectivity index is 2.30. The van der Waals surface area contributed by atoms with Crippen LogP contribution in [0.25, 0.3) is 0 Å². The summed E-state index contributed by atoms with van der Waals surface area (Å²) in [5.41, 5.74) is 1.91. The molecule has 0 aliphatic rings. The Morgan fingerprint density at radius 3 is 2.94 bits per heavy atom. The van der Waals surface area contributed by atoms with Gasteiger partial charge in [-0.1, -0.05) is 17.5 Å². The van der Waals surface area contributed by atoms with Crippen LogP contribution in [-0.2, 0) is 13.6 Å². The lowest BCUT2D eigenvalue weighted by atomic mass is 10.3. The van der Waals surface area contributed by atoms with Gasteiger partial charge in [0.2, 0.25) is 0 Å². The Labute approximate surface area is 106 Å². The Bertz CT molecular complexity index is 381. The molecular weight excluding hydrogens is 242 g/mol. The summed E-state index contributed by atoms with van der Waals surface area (Å²) in [6, 6.07) is 0. The maximum Gasteiger partial charge on any atom is 0.0860 e. The lowest BCUT2D eigenvalue weighted by Gasteiger charge is -2.05. The molecular formula is C11H16ClN3S. The summed E-state index contributed by atoms with van der Waals surface area (Å²) in [5.74, 6) is 4.38. The summed E-state index contributed by atoms with van der Waals surface area (Å²) in [5, 5.41) is 8.33. The average Bonchev–Trinajstić information content (AvgIpc) is 2.49. The number of nitrogens with zero attached hydrogens (tertiary/aromatic N) is 2. The van der Waals surface area contributed by atoms with Crippen molar-refractivity contribution in [1.82, 2.24) is 15.1 Å². The summed E-state index contributed by atoms with van der Waals surface area (Å²) >= 11 is 7.87. The molecule has 0 atom stereocenters. The fourth-order valence-corrected chi connectivity index (χ4v) is 2.13. The minimum Gasteiger partial charge on any atom is -0.310 e. The highest BCUT2D eigenvalue weighted by molar-refractivity contribution is 7.99. The van der Waals surface area contributed by atoms with Crippen LogP contribution in [0.1, 0.15) is 11.4 Å². The van der Waals surface area contributed by atoms with E-state index < -0.39 is 0 Å². The largest absolute Gasteiger partial charge is 0.310 e. The van der Waals surface area contributed by atoms with Crippen LogP contribution in [0.15, 0.2) is 0 Å². The van der Waals surface area contributed by atoms with Gasteiger partial charge in [0.05, 0.1) is 22.2 Å². The van der Waals surface area contributed by atoms with Gasteiger partial charge in [0, 0.05) is 25.9 Å². The molecule has 1 aromatic rings. The average molecular weight is 258 g/mol. The van der Waals surface area contributed by atoms with Crippen LogP contribution >= 0.6 is 23.4 Å². The molecule has 1 aromatic heterocycles. The lowest BCUT2D eigenvalue weighted by Crippen LogP contribution is -2.18. The van der Waals surface area contributed by atoms with Crippen LogP contribution in [-0.4, -0.2) is 27.8 Å². The first-order chi connectivity index (χ1) is 7.66. The maximum absolute atomic E-state index is 6.12. The third-order valence-electron chi connectivity index (χ3n) is 2.16. The van der Waals surface area contributed by atoms with Gasteiger partial charge >= 0.3 is 0 Å². The Morgan fingerprint density at radius 2 is 2.38 bits per heavy atom. The minimum absolute atomic E-state index is 0.743. The van der Waals surface area contributed by atoms with Crippen molar-refractivity contribution in [2.24, 2.45) is 7.05 Å². The van der Waals surface area contributed by atoms with E-state index >= 15 is 0 Å². The predicted octanol–water partition coefficient (Wildman–Crippen LogP) is 1.84. The third-order valence-corrected chi connectivity index (χ3v) is 3.52. The Kier molecular flexibility index (Phi) is 5.75. The highest BCUT2D eigenvalue weighted by Crippen LogP contribution is 2.18. The van der Waals surface area contributed by atoms with Crippen molar-refractivity contribution < 1.29 is 0 Å². The Hall–Kier alpha value is -0.630. The maximum atomic E-state index is 6.12. The van der Waals surface area contributed by atoms with Gasteiger partial charge in [-0.25, -0.2) is 0 Å². The fourth-order valence-electron chi connectivity index (χ4n) is 1.35. The molecule has 0 bridgehead atoms. The molecule has 0 aliphatic heterocycles. The second-order valence-electron chi connectivity index (χ2n) is 3.40. The SMILES string of the molecule is C#CCSCCNCc1c(Cl)c(C)nn1C. The molecule has 88 valence electrons. The van der Waals surface area contributed by atoms with Crippen molar-refractivity contribution in [3.05, 3.63) is 16.4 Å². The fraction of sp³-hybridized carbons (Fsp3) is 0.545. The van der Waals surface area contributed by atoms with Crippen molar-refractivity contribution in [1.29, 1.82) is 0 Å². The number of halogens is 1. The molecule has 1 N–H and O–H groups in total. The van der Waals surface area contributed by atoms with Gasteiger partial charge in [0.1, 0.15) is 0 Å². The van der Waals surface area contributed by atoms with E-state index in [0.29, 0.717) is 0 Å². The second-order valence-corrected chi connectivity index (χ2v) is 4.89. The highest BCUT2D eigenvalue weighted by Gasteiger charge is 2.09. The number of terminal acetylenes is 1. The van der Waals surface area contributed by atoms with Crippen LogP contribution in [0.5, 0.6) is 0 Å². The normalized spacial score (nSPS) is 10.4. The van der Waals surface area contributed by atoms with Crippen LogP contribution in [0.3, 0.4) is 0 Å². The van der Waals surface area contributed by atoms with E-state index in [2.05, 4.69) is 16.3 Å². The number of rotatable bonds is 6. The van der Waals surface area contributed by atoms with Gasteiger partial charge < -0.3 is 5.32 Å². The van der Waals surface area contributed by atoms with E-state index in [1.165, 1.54) is 0 Å². The molecule has 3 nitrogen and oxygen atoms in total. The first-order valence-electron chi connectivity index (χ1n) is 5.06. The van der Waals surface area contributed by atoms with Crippen LogP contribution in [0.4, 0.5) is 0 Å². The van der Waals surface area contributed by atoms with E-state index in [1.807, 2.05) is 18.7 Å². The van der Waals surface area contributed by atoms with E-state index in [1.54, 1.807) is 11.8 Å². The molecule has 0 saturated heterocycles. The summed E-state index contributed by atoms with van der Waals surface area (Å²) < 4.78 is 1.82. The number of nitrogens with one attached hydrogen (secondary N) is 1. The van der Waals surface area contributed by atoms with E-state index in [9.17, 15) is 0 Å². The van der Waals surface area contributed by atoms with Gasteiger partial charge in [0.15, 0.2) is 0 Å². The number of hydrogen-bond acceptors (Lipinski definition) is 3. The molecule has 0 spiro atoms. The van der Waals surface area contributed by atoms with Crippen molar-refractivity contribution in [3.8, 4) is 12.3 Å². The summed E-state index contributed by atoms with van der Waals surface area (Å²) in [6.45, 7) is 3.58. The smallest absolute Gasteiger partial charge is 0.0860 e. The first-order valence-corrected chi connectivity index (χ1v) is 6.60.